The molecule has 1 aliphatic rings. The van der Waals surface area contributed by atoms with Crippen LogP contribution in [0.2, 0.25) is 0 Å². The summed E-state index contributed by atoms with van der Waals surface area (Å²) in [4.78, 5) is 4.91. The summed E-state index contributed by atoms with van der Waals surface area (Å²) < 4.78 is 8.71. The van der Waals surface area contributed by atoms with Crippen molar-refractivity contribution in [3.8, 4) is 28.3 Å². The van der Waals surface area contributed by atoms with Crippen molar-refractivity contribution in [1.29, 1.82) is 0 Å². The Morgan fingerprint density at radius 3 is 2.32 bits per heavy atom. The average Bonchev–Trinajstić information content (AvgIpc) is 3.56. The van der Waals surface area contributed by atoms with Gasteiger partial charge in [-0.1, -0.05) is 69.2 Å². The molecule has 0 bridgehead atoms. The fourth-order valence-electron chi connectivity index (χ4n) is 7.10. The van der Waals surface area contributed by atoms with Crippen LogP contribution in [0, 0.1) is 0 Å². The Bertz CT molecular complexity index is 1850. The van der Waals surface area contributed by atoms with E-state index >= 15 is 0 Å². The van der Waals surface area contributed by atoms with Crippen LogP contribution in [-0.2, 0) is 12.0 Å². The number of hydrogen-bond donors (Lipinski definition) is 1. The number of phenolic OH excluding ortho intramolecular Hbond substituents is 1. The lowest BCUT2D eigenvalue weighted by Crippen LogP contribution is -2.24. The zero-order valence-electron chi connectivity index (χ0n) is 22.2. The second-order valence-electron chi connectivity index (χ2n) is 10.7. The molecule has 7 rings (SSSR count). The molecule has 0 saturated carbocycles. The maximum Gasteiger partial charge on any atom is 0.231 e. The maximum absolute atomic E-state index is 11.1. The van der Waals surface area contributed by atoms with Gasteiger partial charge in [0.1, 0.15) is 11.3 Å². The molecule has 0 amide bonds. The van der Waals surface area contributed by atoms with Crippen LogP contribution in [0.15, 0.2) is 77.2 Å². The molecule has 0 radical (unpaired) electrons. The SMILES string of the molecule is CCCC1(CCC)c2ccccc2-c2cc3nc(-c4cc5c(cc4O)c4ccccc4n5CC)oc3cc21. The van der Waals surface area contributed by atoms with E-state index in [1.807, 2.05) is 18.2 Å². The van der Waals surface area contributed by atoms with Gasteiger partial charge < -0.3 is 14.1 Å². The number of nitrogens with zero attached hydrogens (tertiary/aromatic N) is 2. The summed E-state index contributed by atoms with van der Waals surface area (Å²) in [5.74, 6) is 0.646. The highest BCUT2D eigenvalue weighted by molar-refractivity contribution is 6.10. The normalized spacial score (nSPS) is 14.0. The third-order valence-corrected chi connectivity index (χ3v) is 8.57. The zero-order chi connectivity index (χ0) is 26.0. The molecule has 4 aromatic carbocycles. The van der Waals surface area contributed by atoms with Crippen LogP contribution in [0.5, 0.6) is 5.75 Å². The number of aromatic hydroxyl groups is 1. The van der Waals surface area contributed by atoms with Gasteiger partial charge in [-0.25, -0.2) is 4.98 Å². The molecule has 1 N–H and O–H groups in total. The fraction of sp³-hybridized carbons (Fsp3) is 0.265. The van der Waals surface area contributed by atoms with Crippen molar-refractivity contribution < 1.29 is 9.52 Å². The summed E-state index contributed by atoms with van der Waals surface area (Å²) in [6.45, 7) is 7.54. The standard InChI is InChI=1S/C34H32N2O2/c1-4-15-34(16-5-2)26-13-9-7-11-21(26)23-17-28-32(20-27(23)34)38-33(35-28)25-18-30-24(19-31(25)37)22-12-8-10-14-29(22)36(30)6-3/h7-14,17-20,37H,4-6,15-16H2,1-3H3. The number of benzene rings is 4. The molecule has 1 aliphatic carbocycles. The zero-order valence-corrected chi connectivity index (χ0v) is 22.2. The molecule has 0 spiro atoms. The van der Waals surface area contributed by atoms with Crippen LogP contribution in [0.3, 0.4) is 0 Å². The van der Waals surface area contributed by atoms with E-state index in [2.05, 4.69) is 79.9 Å². The van der Waals surface area contributed by atoms with Crippen LogP contribution in [0.4, 0.5) is 0 Å². The minimum absolute atomic E-state index is 0.000315. The van der Waals surface area contributed by atoms with Gasteiger partial charge in [-0.2, -0.15) is 0 Å². The van der Waals surface area contributed by atoms with E-state index in [4.69, 9.17) is 9.40 Å². The molecule has 4 nitrogen and oxygen atoms in total. The molecule has 6 aromatic rings. The Labute approximate surface area is 222 Å². The molecule has 0 saturated heterocycles. The van der Waals surface area contributed by atoms with Gasteiger partial charge in [0.25, 0.3) is 0 Å². The topological polar surface area (TPSA) is 51.2 Å². The quantitative estimate of drug-likeness (QED) is 0.248. The molecule has 0 fully saturated rings. The molecule has 0 atom stereocenters. The largest absolute Gasteiger partial charge is 0.507 e. The van der Waals surface area contributed by atoms with E-state index in [1.165, 1.54) is 22.3 Å². The molecule has 2 heterocycles. The third-order valence-electron chi connectivity index (χ3n) is 8.57. The highest BCUT2D eigenvalue weighted by Crippen LogP contribution is 2.54. The van der Waals surface area contributed by atoms with Crippen molar-refractivity contribution >= 4 is 32.9 Å². The minimum Gasteiger partial charge on any atom is -0.507 e. The number of fused-ring (bicyclic) bond motifs is 7. The van der Waals surface area contributed by atoms with Gasteiger partial charge in [-0.15, -0.1) is 0 Å². The first-order chi connectivity index (χ1) is 18.6. The number of hydrogen-bond acceptors (Lipinski definition) is 3. The fourth-order valence-corrected chi connectivity index (χ4v) is 7.10. The Kier molecular flexibility index (Phi) is 5.16. The van der Waals surface area contributed by atoms with Gasteiger partial charge >= 0.3 is 0 Å². The number of rotatable bonds is 6. The number of oxazole rings is 1. The highest BCUT2D eigenvalue weighted by Gasteiger charge is 2.42. The van der Waals surface area contributed by atoms with E-state index in [0.29, 0.717) is 11.5 Å². The van der Waals surface area contributed by atoms with Crippen LogP contribution >= 0.6 is 0 Å². The van der Waals surface area contributed by atoms with E-state index in [-0.39, 0.29) is 11.2 Å². The molecule has 4 heteroatoms. The Morgan fingerprint density at radius 1 is 0.763 bits per heavy atom. The monoisotopic (exact) mass is 500 g/mol. The van der Waals surface area contributed by atoms with Gasteiger partial charge in [-0.05, 0) is 72.4 Å². The number of aryl methyl sites for hydroxylation is 1. The lowest BCUT2D eigenvalue weighted by Gasteiger charge is -2.31. The second kappa shape index (κ2) is 8.49. The predicted octanol–water partition coefficient (Wildman–Crippen LogP) is 9.19. The van der Waals surface area contributed by atoms with E-state index in [0.717, 1.165) is 65.1 Å². The summed E-state index contributed by atoms with van der Waals surface area (Å²) in [5.41, 5.74) is 9.83. The van der Waals surface area contributed by atoms with Crippen molar-refractivity contribution in [1.82, 2.24) is 9.55 Å². The number of para-hydroxylation sites is 1. The molecule has 2 aromatic heterocycles. The first kappa shape index (κ1) is 23.1. The van der Waals surface area contributed by atoms with Crippen LogP contribution in [0.25, 0.3) is 55.5 Å². The first-order valence-electron chi connectivity index (χ1n) is 13.9. The Hall–Kier alpha value is -4.05. The first-order valence-corrected chi connectivity index (χ1v) is 13.9. The minimum atomic E-state index is -0.000315. The number of phenols is 1. The Balaban J connectivity index is 1.44. The van der Waals surface area contributed by atoms with Crippen molar-refractivity contribution in [3.05, 3.63) is 83.9 Å². The van der Waals surface area contributed by atoms with Crippen molar-refractivity contribution in [3.63, 3.8) is 0 Å². The average molecular weight is 501 g/mol. The second-order valence-corrected chi connectivity index (χ2v) is 10.7. The van der Waals surface area contributed by atoms with E-state index < -0.39 is 0 Å². The van der Waals surface area contributed by atoms with E-state index in [9.17, 15) is 5.11 Å². The third kappa shape index (κ3) is 3.06. The summed E-state index contributed by atoms with van der Waals surface area (Å²) in [6, 6.07) is 25.5. The van der Waals surface area contributed by atoms with Gasteiger partial charge in [-0.3, -0.25) is 0 Å². The summed E-state index contributed by atoms with van der Waals surface area (Å²) in [6.07, 6.45) is 4.45. The van der Waals surface area contributed by atoms with E-state index in [1.54, 1.807) is 0 Å². The van der Waals surface area contributed by atoms with Gasteiger partial charge in [0.05, 0.1) is 11.1 Å². The van der Waals surface area contributed by atoms with Crippen molar-refractivity contribution in [2.45, 2.75) is 58.4 Å². The molecule has 0 unspecified atom stereocenters. The maximum atomic E-state index is 11.1. The summed E-state index contributed by atoms with van der Waals surface area (Å²) >= 11 is 0. The smallest absolute Gasteiger partial charge is 0.231 e. The molecule has 190 valence electrons. The predicted molar refractivity (Wildman–Crippen MR) is 156 cm³/mol. The van der Waals surface area contributed by atoms with Crippen LogP contribution in [-0.4, -0.2) is 14.7 Å². The summed E-state index contributed by atoms with van der Waals surface area (Å²) in [7, 11) is 0. The van der Waals surface area contributed by atoms with Crippen molar-refractivity contribution in [2.24, 2.45) is 0 Å². The molecular formula is C34H32N2O2. The number of aromatic nitrogens is 2. The molecule has 0 aliphatic heterocycles. The molecular weight excluding hydrogens is 468 g/mol. The lowest BCUT2D eigenvalue weighted by molar-refractivity contribution is 0.435. The van der Waals surface area contributed by atoms with Crippen LogP contribution < -0.4 is 0 Å². The van der Waals surface area contributed by atoms with Crippen molar-refractivity contribution in [2.75, 3.05) is 0 Å². The summed E-state index contributed by atoms with van der Waals surface area (Å²) in [5, 5.41) is 13.3. The van der Waals surface area contributed by atoms with Gasteiger partial charge in [0.15, 0.2) is 5.58 Å². The van der Waals surface area contributed by atoms with Gasteiger partial charge in [0, 0.05) is 28.2 Å². The highest BCUT2D eigenvalue weighted by atomic mass is 16.3. The van der Waals surface area contributed by atoms with Crippen LogP contribution in [0.1, 0.15) is 57.6 Å². The molecule has 38 heavy (non-hydrogen) atoms. The van der Waals surface area contributed by atoms with Gasteiger partial charge in [0.2, 0.25) is 5.89 Å². The Morgan fingerprint density at radius 2 is 1.53 bits per heavy atom. The lowest BCUT2D eigenvalue weighted by atomic mass is 9.71.